The maximum atomic E-state index is 12.3. The summed E-state index contributed by atoms with van der Waals surface area (Å²) >= 11 is 6.24. The van der Waals surface area contributed by atoms with Crippen molar-refractivity contribution in [3.05, 3.63) is 106 Å². The van der Waals surface area contributed by atoms with E-state index >= 15 is 0 Å². The normalized spacial score (nSPS) is 11.8. The Balaban J connectivity index is 1.30. The van der Waals surface area contributed by atoms with Crippen LogP contribution in [0.3, 0.4) is 0 Å². The summed E-state index contributed by atoms with van der Waals surface area (Å²) in [6.45, 7) is 2.86. The number of nitrogens with one attached hydrogen (secondary N) is 1. The number of halogens is 1. The molecule has 4 aromatic rings. The van der Waals surface area contributed by atoms with Gasteiger partial charge in [-0.2, -0.15) is 0 Å². The summed E-state index contributed by atoms with van der Waals surface area (Å²) in [7, 11) is 1.39. The number of aryl methyl sites for hydroxylation is 1. The number of rotatable bonds is 11. The Kier molecular flexibility index (Phi) is 8.76. The van der Waals surface area contributed by atoms with Crippen LogP contribution in [-0.4, -0.2) is 30.7 Å². The fraction of sp³-hybridized carbons (Fsp3) is 0.241. The smallest absolute Gasteiger partial charge is 0.323 e. The number of hydrogen-bond donors (Lipinski definition) is 1. The summed E-state index contributed by atoms with van der Waals surface area (Å²) in [4.78, 5) is 17.0. The Morgan fingerprint density at radius 2 is 1.75 bits per heavy atom. The highest BCUT2D eigenvalue weighted by Gasteiger charge is 2.19. The molecule has 1 atom stereocenters. The molecule has 0 aliphatic rings. The molecule has 0 aliphatic heterocycles. The first kappa shape index (κ1) is 25.5. The number of methoxy groups -OCH3 is 1. The van der Waals surface area contributed by atoms with Crippen LogP contribution in [0.25, 0.3) is 11.5 Å². The van der Waals surface area contributed by atoms with Crippen LogP contribution in [-0.2, 0) is 28.9 Å². The predicted molar refractivity (Wildman–Crippen MR) is 140 cm³/mol. The number of hydrogen-bond acceptors (Lipinski definition) is 6. The minimum Gasteiger partial charge on any atom is -0.493 e. The van der Waals surface area contributed by atoms with E-state index in [-0.39, 0.29) is 5.97 Å². The van der Waals surface area contributed by atoms with Crippen LogP contribution >= 0.6 is 11.6 Å². The number of oxazole rings is 1. The van der Waals surface area contributed by atoms with Gasteiger partial charge in [-0.25, -0.2) is 4.98 Å². The summed E-state index contributed by atoms with van der Waals surface area (Å²) < 4.78 is 16.7. The SMILES string of the molecule is COC(=O)[C@H](Cc1ccc(OCCc2nc(-c3ccccc3)oc2C)cc1)NCc1ccccc1Cl. The van der Waals surface area contributed by atoms with E-state index in [2.05, 4.69) is 10.3 Å². The van der Waals surface area contributed by atoms with E-state index in [0.717, 1.165) is 33.9 Å². The van der Waals surface area contributed by atoms with E-state index in [1.807, 2.05) is 85.8 Å². The molecule has 0 aliphatic carbocycles. The highest BCUT2D eigenvalue weighted by molar-refractivity contribution is 6.31. The van der Waals surface area contributed by atoms with Gasteiger partial charge in [-0.05, 0) is 54.8 Å². The molecule has 1 aromatic heterocycles. The highest BCUT2D eigenvalue weighted by atomic mass is 35.5. The van der Waals surface area contributed by atoms with Crippen molar-refractivity contribution in [2.24, 2.45) is 0 Å². The van der Waals surface area contributed by atoms with E-state index < -0.39 is 6.04 Å². The lowest BCUT2D eigenvalue weighted by molar-refractivity contribution is -0.143. The van der Waals surface area contributed by atoms with E-state index in [4.69, 9.17) is 25.5 Å². The van der Waals surface area contributed by atoms with Crippen LogP contribution in [0.4, 0.5) is 0 Å². The molecule has 4 rings (SSSR count). The third kappa shape index (κ3) is 6.74. The summed E-state index contributed by atoms with van der Waals surface area (Å²) in [6.07, 6.45) is 1.12. The number of carbonyl (C=O) groups excluding carboxylic acids is 1. The first-order valence-electron chi connectivity index (χ1n) is 11.8. The second-order valence-electron chi connectivity index (χ2n) is 8.38. The molecule has 3 aromatic carbocycles. The molecule has 7 heteroatoms. The first-order valence-corrected chi connectivity index (χ1v) is 12.2. The highest BCUT2D eigenvalue weighted by Crippen LogP contribution is 2.22. The van der Waals surface area contributed by atoms with Gasteiger partial charge in [0.2, 0.25) is 5.89 Å². The Labute approximate surface area is 216 Å². The number of carbonyl (C=O) groups is 1. The van der Waals surface area contributed by atoms with Crippen molar-refractivity contribution in [3.8, 4) is 17.2 Å². The maximum absolute atomic E-state index is 12.3. The molecule has 0 unspecified atom stereocenters. The zero-order chi connectivity index (χ0) is 25.3. The summed E-state index contributed by atoms with van der Waals surface area (Å²) in [5.41, 5.74) is 3.75. The van der Waals surface area contributed by atoms with Gasteiger partial charge >= 0.3 is 5.97 Å². The molecular formula is C29H29ClN2O4. The lowest BCUT2D eigenvalue weighted by atomic mass is 10.1. The number of aromatic nitrogens is 1. The molecule has 186 valence electrons. The second kappa shape index (κ2) is 12.4. The Hall–Kier alpha value is -3.61. The zero-order valence-electron chi connectivity index (χ0n) is 20.4. The van der Waals surface area contributed by atoms with Gasteiger partial charge in [-0.15, -0.1) is 0 Å². The summed E-state index contributed by atoms with van der Waals surface area (Å²) in [6, 6.07) is 24.6. The van der Waals surface area contributed by atoms with Crippen LogP contribution in [0, 0.1) is 6.92 Å². The van der Waals surface area contributed by atoms with Crippen LogP contribution in [0.2, 0.25) is 5.02 Å². The average molecular weight is 505 g/mol. The van der Waals surface area contributed by atoms with Gasteiger partial charge in [0, 0.05) is 23.6 Å². The minimum atomic E-state index is -0.494. The van der Waals surface area contributed by atoms with Gasteiger partial charge in [-0.3, -0.25) is 10.1 Å². The van der Waals surface area contributed by atoms with Gasteiger partial charge < -0.3 is 13.9 Å². The van der Waals surface area contributed by atoms with Crippen LogP contribution < -0.4 is 10.1 Å². The molecule has 36 heavy (non-hydrogen) atoms. The molecule has 0 radical (unpaired) electrons. The van der Waals surface area contributed by atoms with Crippen molar-refractivity contribution >= 4 is 17.6 Å². The van der Waals surface area contributed by atoms with Crippen molar-refractivity contribution in [2.45, 2.75) is 32.4 Å². The van der Waals surface area contributed by atoms with Crippen LogP contribution in [0.5, 0.6) is 5.75 Å². The van der Waals surface area contributed by atoms with Crippen molar-refractivity contribution in [2.75, 3.05) is 13.7 Å². The Morgan fingerprint density at radius 1 is 1.03 bits per heavy atom. The zero-order valence-corrected chi connectivity index (χ0v) is 21.1. The van der Waals surface area contributed by atoms with E-state index in [1.54, 1.807) is 0 Å². The molecule has 0 bridgehead atoms. The standard InChI is InChI=1S/C29H29ClN2O4/c1-20-26(32-28(36-20)22-8-4-3-5-9-22)16-17-35-24-14-12-21(13-15-24)18-27(29(33)34-2)31-19-23-10-6-7-11-25(23)30/h3-15,27,31H,16-19H2,1-2H3/t27-/m0/s1. The fourth-order valence-electron chi connectivity index (χ4n) is 3.84. The van der Waals surface area contributed by atoms with E-state index in [1.165, 1.54) is 7.11 Å². The van der Waals surface area contributed by atoms with E-state index in [9.17, 15) is 4.79 Å². The van der Waals surface area contributed by atoms with Crippen LogP contribution in [0.15, 0.2) is 83.3 Å². The Bertz CT molecular complexity index is 1270. The molecule has 1 N–H and O–H groups in total. The summed E-state index contributed by atoms with van der Waals surface area (Å²) in [5.74, 6) is 1.85. The van der Waals surface area contributed by atoms with Gasteiger partial charge in [0.25, 0.3) is 0 Å². The van der Waals surface area contributed by atoms with Crippen molar-refractivity contribution < 1.29 is 18.7 Å². The monoisotopic (exact) mass is 504 g/mol. The van der Waals surface area contributed by atoms with Gasteiger partial charge in [-0.1, -0.05) is 60.1 Å². The topological polar surface area (TPSA) is 73.6 Å². The first-order chi connectivity index (χ1) is 17.5. The summed E-state index contributed by atoms with van der Waals surface area (Å²) in [5, 5.41) is 3.92. The third-order valence-electron chi connectivity index (χ3n) is 5.87. The van der Waals surface area contributed by atoms with Gasteiger partial charge in [0.1, 0.15) is 17.6 Å². The van der Waals surface area contributed by atoms with Crippen molar-refractivity contribution in [1.29, 1.82) is 0 Å². The third-order valence-corrected chi connectivity index (χ3v) is 6.24. The van der Waals surface area contributed by atoms with Gasteiger partial charge in [0.15, 0.2) is 0 Å². The average Bonchev–Trinajstić information content (AvgIpc) is 3.28. The number of ether oxygens (including phenoxy) is 2. The number of esters is 1. The van der Waals surface area contributed by atoms with E-state index in [0.29, 0.717) is 36.9 Å². The number of benzene rings is 3. The lowest BCUT2D eigenvalue weighted by Crippen LogP contribution is -2.39. The quantitative estimate of drug-likeness (QED) is 0.260. The fourth-order valence-corrected chi connectivity index (χ4v) is 4.05. The molecule has 6 nitrogen and oxygen atoms in total. The maximum Gasteiger partial charge on any atom is 0.323 e. The molecular weight excluding hydrogens is 476 g/mol. The van der Waals surface area contributed by atoms with Crippen LogP contribution in [0.1, 0.15) is 22.6 Å². The Morgan fingerprint density at radius 3 is 2.47 bits per heavy atom. The molecule has 0 spiro atoms. The van der Waals surface area contributed by atoms with Crippen molar-refractivity contribution in [1.82, 2.24) is 10.3 Å². The largest absolute Gasteiger partial charge is 0.493 e. The molecule has 0 saturated heterocycles. The van der Waals surface area contributed by atoms with Crippen molar-refractivity contribution in [3.63, 3.8) is 0 Å². The molecule has 0 fully saturated rings. The molecule has 0 saturated carbocycles. The lowest BCUT2D eigenvalue weighted by Gasteiger charge is -2.17. The molecule has 1 heterocycles. The second-order valence-corrected chi connectivity index (χ2v) is 8.79. The number of nitrogens with zero attached hydrogens (tertiary/aromatic N) is 1. The van der Waals surface area contributed by atoms with Gasteiger partial charge in [0.05, 0.1) is 19.4 Å². The molecule has 0 amide bonds. The minimum absolute atomic E-state index is 0.319. The predicted octanol–water partition coefficient (Wildman–Crippen LogP) is 5.80.